The molecule has 0 radical (unpaired) electrons. The number of hydrogen-bond donors (Lipinski definition) is 11. The summed E-state index contributed by atoms with van der Waals surface area (Å²) in [6.07, 6.45) is -8.37. The number of nitrogens with one attached hydrogen (secondary N) is 1. The molecule has 0 bridgehead atoms. The molecule has 0 amide bonds. The van der Waals surface area contributed by atoms with Gasteiger partial charge in [-0.1, -0.05) is 0 Å². The van der Waals surface area contributed by atoms with E-state index in [0.29, 0.717) is 18.9 Å². The van der Waals surface area contributed by atoms with Crippen molar-refractivity contribution in [2.45, 2.75) is 124 Å². The van der Waals surface area contributed by atoms with Crippen LogP contribution in [0.4, 0.5) is 0 Å². The molecule has 2 aliphatic carbocycles. The molecule has 0 aromatic rings. The van der Waals surface area contributed by atoms with Crippen LogP contribution in [-0.2, 0) is 23.7 Å². The van der Waals surface area contributed by atoms with Gasteiger partial charge in [-0.05, 0) is 50.5 Å². The molecule has 0 aromatic carbocycles. The van der Waals surface area contributed by atoms with Crippen LogP contribution in [0.1, 0.15) is 38.5 Å². The van der Waals surface area contributed by atoms with Crippen LogP contribution in [0.5, 0.6) is 0 Å². The molecule has 2 aliphatic heterocycles. The topological polar surface area (TPSA) is 297 Å². The van der Waals surface area contributed by atoms with Crippen molar-refractivity contribution in [3.63, 3.8) is 0 Å². The number of aliphatic hydroxyl groups is 5. The van der Waals surface area contributed by atoms with Crippen LogP contribution in [0.25, 0.3) is 0 Å². The highest BCUT2D eigenvalue weighted by atomic mass is 16.7. The molecule has 0 aromatic heterocycles. The van der Waals surface area contributed by atoms with E-state index < -0.39 is 91.7 Å². The molecule has 4 aliphatic rings. The second kappa shape index (κ2) is 15.6. The average molecular weight is 621 g/mol. The maximum atomic E-state index is 12.6. The van der Waals surface area contributed by atoms with E-state index in [1.807, 2.05) is 0 Å². The molecular weight excluding hydrogens is 568 g/mol. The van der Waals surface area contributed by atoms with Gasteiger partial charge in [0.05, 0.1) is 30.9 Å². The summed E-state index contributed by atoms with van der Waals surface area (Å²) in [6, 6.07) is -2.19. The molecule has 16 heteroatoms. The van der Waals surface area contributed by atoms with Crippen molar-refractivity contribution in [3.05, 3.63) is 0 Å². The van der Waals surface area contributed by atoms with Gasteiger partial charge in [0.25, 0.3) is 0 Å². The number of nitrogens with two attached hydrogens (primary N) is 5. The van der Waals surface area contributed by atoms with Crippen molar-refractivity contribution in [2.75, 3.05) is 26.2 Å². The SMILES string of the molecule is NC[C@H](O)C(=O)C[C@@H]1C[C@H](N)C(O[C@H]2O[C@H](CNCC3CC(N)C3)CC[C@H]2N)[C@H](O)[C@H]1O[C@H]1O[C@H](CO)[C@@H](O)[C@H](N)[C@H]1O. The third-order valence-electron chi connectivity index (χ3n) is 9.29. The number of hydrogen-bond acceptors (Lipinski definition) is 16. The highest BCUT2D eigenvalue weighted by Crippen LogP contribution is 2.36. The van der Waals surface area contributed by atoms with Crippen molar-refractivity contribution in [1.82, 2.24) is 5.32 Å². The summed E-state index contributed by atoms with van der Waals surface area (Å²) >= 11 is 0. The van der Waals surface area contributed by atoms with E-state index >= 15 is 0 Å². The molecule has 14 atom stereocenters. The first kappa shape index (κ1) is 34.9. The van der Waals surface area contributed by atoms with E-state index in [0.717, 1.165) is 25.8 Å². The first-order chi connectivity index (χ1) is 20.4. The normalized spacial score (nSPS) is 46.2. The van der Waals surface area contributed by atoms with Crippen molar-refractivity contribution in [1.29, 1.82) is 0 Å². The van der Waals surface area contributed by atoms with Gasteiger partial charge in [-0.3, -0.25) is 4.79 Å². The van der Waals surface area contributed by atoms with Gasteiger partial charge in [0.15, 0.2) is 18.4 Å². The van der Waals surface area contributed by atoms with Crippen LogP contribution in [-0.4, -0.2) is 143 Å². The summed E-state index contributed by atoms with van der Waals surface area (Å²) in [6.45, 7) is 0.569. The Labute approximate surface area is 251 Å². The zero-order chi connectivity index (χ0) is 31.4. The van der Waals surface area contributed by atoms with E-state index in [2.05, 4.69) is 5.32 Å². The summed E-state index contributed by atoms with van der Waals surface area (Å²) in [5.74, 6) is -0.743. The molecule has 43 heavy (non-hydrogen) atoms. The predicted molar refractivity (Wildman–Crippen MR) is 152 cm³/mol. The minimum Gasteiger partial charge on any atom is -0.394 e. The Morgan fingerprint density at radius 1 is 0.884 bits per heavy atom. The molecule has 0 spiro atoms. The van der Waals surface area contributed by atoms with Crippen LogP contribution in [0.2, 0.25) is 0 Å². The van der Waals surface area contributed by atoms with Gasteiger partial charge in [-0.2, -0.15) is 0 Å². The van der Waals surface area contributed by atoms with Crippen LogP contribution in [0.15, 0.2) is 0 Å². The summed E-state index contributed by atoms with van der Waals surface area (Å²) in [4.78, 5) is 12.6. The standard InChI is InChI=1S/C27H52N6O10/c28-7-18(36)17(35)6-12-5-16(31)25(23(39)24(12)42-27-22(38)20(32)21(37)19(10-34)41-27)43-26-15(30)2-1-14(40-26)9-33-8-11-3-13(29)4-11/h11-16,18-27,33-34,36-39H,1-10,28-32H2/t11?,12-,13?,14-,15+,16-,18-,19+,20-,21+,22+,23+,24-,25?,26+,27+/m0/s1. The van der Waals surface area contributed by atoms with Crippen molar-refractivity contribution in [3.8, 4) is 0 Å². The van der Waals surface area contributed by atoms with E-state index in [1.165, 1.54) is 0 Å². The third-order valence-corrected chi connectivity index (χ3v) is 9.29. The number of rotatable bonds is 13. The number of ether oxygens (including phenoxy) is 4. The van der Waals surface area contributed by atoms with E-state index in [1.54, 1.807) is 0 Å². The zero-order valence-electron chi connectivity index (χ0n) is 24.5. The molecule has 4 fully saturated rings. The number of aliphatic hydroxyl groups excluding tert-OH is 5. The Morgan fingerprint density at radius 3 is 2.23 bits per heavy atom. The van der Waals surface area contributed by atoms with Crippen molar-refractivity contribution >= 4 is 5.78 Å². The third kappa shape index (κ3) is 8.46. The molecule has 2 saturated heterocycles. The van der Waals surface area contributed by atoms with Crippen molar-refractivity contribution in [2.24, 2.45) is 40.5 Å². The lowest BCUT2D eigenvalue weighted by Gasteiger charge is -2.48. The first-order valence-corrected chi connectivity index (χ1v) is 15.3. The Hall–Kier alpha value is -0.930. The lowest BCUT2D eigenvalue weighted by Crippen LogP contribution is -2.66. The van der Waals surface area contributed by atoms with E-state index in [4.69, 9.17) is 47.6 Å². The van der Waals surface area contributed by atoms with Gasteiger partial charge in [-0.25, -0.2) is 0 Å². The Bertz CT molecular complexity index is 887. The zero-order valence-corrected chi connectivity index (χ0v) is 24.5. The lowest BCUT2D eigenvalue weighted by atomic mass is 9.76. The number of ketones is 1. The van der Waals surface area contributed by atoms with E-state index in [-0.39, 0.29) is 31.5 Å². The highest BCUT2D eigenvalue weighted by molar-refractivity contribution is 5.83. The van der Waals surface area contributed by atoms with Gasteiger partial charge >= 0.3 is 0 Å². The fourth-order valence-corrected chi connectivity index (χ4v) is 6.53. The Kier molecular flexibility index (Phi) is 12.7. The molecule has 250 valence electrons. The minimum absolute atomic E-state index is 0.132. The van der Waals surface area contributed by atoms with Crippen LogP contribution < -0.4 is 34.0 Å². The number of carbonyl (C=O) groups is 1. The smallest absolute Gasteiger partial charge is 0.186 e. The molecule has 2 saturated carbocycles. The molecule has 4 rings (SSSR count). The molecule has 2 heterocycles. The van der Waals surface area contributed by atoms with Crippen LogP contribution in [0, 0.1) is 11.8 Å². The van der Waals surface area contributed by atoms with Gasteiger partial charge < -0.3 is 78.5 Å². The summed E-state index contributed by atoms with van der Waals surface area (Å²) in [5, 5.41) is 55.5. The van der Waals surface area contributed by atoms with Gasteiger partial charge in [0.2, 0.25) is 0 Å². The van der Waals surface area contributed by atoms with Gasteiger partial charge in [0.1, 0.15) is 36.6 Å². The fraction of sp³-hybridized carbons (Fsp3) is 0.963. The first-order valence-electron chi connectivity index (χ1n) is 15.3. The van der Waals surface area contributed by atoms with Crippen molar-refractivity contribution < 1.29 is 49.3 Å². The largest absolute Gasteiger partial charge is 0.394 e. The van der Waals surface area contributed by atoms with E-state index in [9.17, 15) is 30.3 Å². The summed E-state index contributed by atoms with van der Waals surface area (Å²) in [5.41, 5.74) is 30.1. The Balaban J connectivity index is 1.44. The average Bonchev–Trinajstić information content (AvgIpc) is 2.96. The lowest BCUT2D eigenvalue weighted by molar-refractivity contribution is -0.318. The number of Topliss-reactive ketones (excluding diaryl/α,β-unsaturated/α-hetero) is 1. The highest BCUT2D eigenvalue weighted by Gasteiger charge is 2.51. The quantitative estimate of drug-likeness (QED) is 0.0916. The monoisotopic (exact) mass is 620 g/mol. The molecule has 16 N–H and O–H groups in total. The van der Waals surface area contributed by atoms with Gasteiger partial charge in [-0.15, -0.1) is 0 Å². The number of carbonyl (C=O) groups excluding carboxylic acids is 1. The van der Waals surface area contributed by atoms with Gasteiger partial charge in [0, 0.05) is 31.6 Å². The maximum Gasteiger partial charge on any atom is 0.186 e. The Morgan fingerprint density at radius 2 is 1.58 bits per heavy atom. The fourth-order valence-electron chi connectivity index (χ4n) is 6.53. The minimum atomic E-state index is -1.52. The summed E-state index contributed by atoms with van der Waals surface area (Å²) < 4.78 is 24.0. The van der Waals surface area contributed by atoms with Crippen LogP contribution >= 0.6 is 0 Å². The second-order valence-corrected chi connectivity index (χ2v) is 12.7. The molecule has 16 nitrogen and oxygen atoms in total. The van der Waals surface area contributed by atoms with Crippen LogP contribution in [0.3, 0.4) is 0 Å². The molecular formula is C27H52N6O10. The summed E-state index contributed by atoms with van der Waals surface area (Å²) in [7, 11) is 0. The molecule has 1 unspecified atom stereocenters. The predicted octanol–water partition coefficient (Wildman–Crippen LogP) is -5.33. The second-order valence-electron chi connectivity index (χ2n) is 12.7. The maximum absolute atomic E-state index is 12.6.